The molecule has 3 aromatic heterocycles. The number of ether oxygens (including phenoxy) is 1. The zero-order chi connectivity index (χ0) is 37.9. The Balaban J connectivity index is 1.15. The number of amides is 1. The van der Waals surface area contributed by atoms with Gasteiger partial charge in [-0.05, 0) is 70.6 Å². The highest BCUT2D eigenvalue weighted by Gasteiger charge is 2.49. The smallest absolute Gasteiger partial charge is 0.269 e. The molecule has 0 fully saturated rings. The number of carbonyl (C=O) groups excluding carboxylic acids is 1. The van der Waals surface area contributed by atoms with Crippen LogP contribution in [0.4, 0.5) is 15.9 Å². The summed E-state index contributed by atoms with van der Waals surface area (Å²) in [6.07, 6.45) is 3.53. The predicted octanol–water partition coefficient (Wildman–Crippen LogP) is 7.46. The summed E-state index contributed by atoms with van der Waals surface area (Å²) in [7, 11) is -3.20. The van der Waals surface area contributed by atoms with Crippen LogP contribution in [0.25, 0.3) is 16.0 Å². The van der Waals surface area contributed by atoms with Gasteiger partial charge in [0.15, 0.2) is 11.6 Å². The van der Waals surface area contributed by atoms with Crippen molar-refractivity contribution in [2.24, 2.45) is 0 Å². The number of aryl methyl sites for hydroxylation is 1. The number of nitrogens with zero attached hydrogens (tertiary/aromatic N) is 3. The number of hydrogen-bond donors (Lipinski definition) is 3. The van der Waals surface area contributed by atoms with Gasteiger partial charge in [0, 0.05) is 24.0 Å². The maximum Gasteiger partial charge on any atom is 0.269 e. The van der Waals surface area contributed by atoms with Gasteiger partial charge in [0.25, 0.3) is 19.8 Å². The normalized spacial score (nSPS) is 11.8. The van der Waals surface area contributed by atoms with Gasteiger partial charge in [-0.25, -0.2) is 14.4 Å². The van der Waals surface area contributed by atoms with E-state index in [4.69, 9.17) is 10.5 Å². The summed E-state index contributed by atoms with van der Waals surface area (Å²) in [5, 5.41) is 4.13. The fourth-order valence-corrected chi connectivity index (χ4v) is 11.5. The lowest BCUT2D eigenvalue weighted by molar-refractivity contribution is 0.102. The first kappa shape index (κ1) is 36.4. The summed E-state index contributed by atoms with van der Waals surface area (Å²) in [5.74, 6) is -0.965. The molecule has 0 atom stereocenters. The largest absolute Gasteiger partial charge is 0.454 e. The van der Waals surface area contributed by atoms with E-state index >= 15 is 4.39 Å². The highest BCUT2D eigenvalue weighted by molar-refractivity contribution is 7.16. The van der Waals surface area contributed by atoms with Crippen molar-refractivity contribution in [3.05, 3.63) is 160 Å². The number of aromatic nitrogens is 3. The number of nitrogens with two attached hydrogens (primary N) is 1. The van der Waals surface area contributed by atoms with Crippen molar-refractivity contribution >= 4 is 57.8 Å². The molecular formula is C42H38FN5O4SSi. The Morgan fingerprint density at radius 1 is 0.926 bits per heavy atom. The van der Waals surface area contributed by atoms with Crippen LogP contribution in [0.1, 0.15) is 42.6 Å². The molecule has 272 valence electrons. The summed E-state index contributed by atoms with van der Waals surface area (Å²) in [4.78, 5) is 49.5. The number of anilines is 2. The molecule has 0 saturated carbocycles. The van der Waals surface area contributed by atoms with Gasteiger partial charge < -0.3 is 20.6 Å². The van der Waals surface area contributed by atoms with Crippen LogP contribution in [0.3, 0.4) is 0 Å². The van der Waals surface area contributed by atoms with Crippen LogP contribution in [-0.2, 0) is 6.42 Å². The predicted molar refractivity (Wildman–Crippen MR) is 215 cm³/mol. The quantitative estimate of drug-likeness (QED) is 0.110. The minimum absolute atomic E-state index is 0.0722. The Labute approximate surface area is 316 Å². The first-order valence-electron chi connectivity index (χ1n) is 17.5. The average molecular weight is 756 g/mol. The number of benzene rings is 4. The molecule has 0 aliphatic carbocycles. The fourth-order valence-electron chi connectivity index (χ4n) is 6.93. The highest BCUT2D eigenvalue weighted by Crippen LogP contribution is 2.40. The van der Waals surface area contributed by atoms with E-state index < -0.39 is 30.6 Å². The molecule has 12 heteroatoms. The molecule has 7 rings (SSSR count). The number of carbonyl (C=O) groups is 1. The molecule has 0 radical (unpaired) electrons. The van der Waals surface area contributed by atoms with Crippen LogP contribution in [-0.4, -0.2) is 33.6 Å². The number of halogens is 1. The number of rotatable bonds is 12. The molecule has 0 spiro atoms. The second-order valence-corrected chi connectivity index (χ2v) is 18.4. The minimum atomic E-state index is -3.20. The van der Waals surface area contributed by atoms with Gasteiger partial charge in [-0.15, -0.1) is 11.3 Å². The summed E-state index contributed by atoms with van der Waals surface area (Å²) in [6.45, 7) is 4.28. The standard InChI is InChI=1S/C42H38FN5O4SSi/c1-42(2,54(51,31-14-5-3-6-15-31)32-16-7-4-8-17-32)22-11-13-28-12-9-10-18-36(28)48-40(50)33(26-35-41(48)53-27-46-35)39(49)47-29-19-20-37(34(43)24-29)52-30-21-23-45-38(44)25-30/h3-10,12,14-21,23-27,51H,11,13,22H2,1-2H3,(H2,44,45)(H,47,49). The Hall–Kier alpha value is -5.95. The first-order chi connectivity index (χ1) is 26.0. The second-order valence-electron chi connectivity index (χ2n) is 13.7. The van der Waals surface area contributed by atoms with Crippen molar-refractivity contribution in [2.45, 2.75) is 38.1 Å². The van der Waals surface area contributed by atoms with Gasteiger partial charge in [0.2, 0.25) is 0 Å². The van der Waals surface area contributed by atoms with Gasteiger partial charge in [-0.2, -0.15) is 0 Å². The Morgan fingerprint density at radius 3 is 2.30 bits per heavy atom. The Bertz CT molecular complexity index is 2470. The molecule has 1 amide bonds. The molecule has 0 aliphatic rings. The molecule has 0 unspecified atom stereocenters. The third-order valence-electron chi connectivity index (χ3n) is 9.75. The number of para-hydroxylation sites is 1. The van der Waals surface area contributed by atoms with Crippen LogP contribution in [0.5, 0.6) is 11.5 Å². The lowest BCUT2D eigenvalue weighted by Gasteiger charge is -2.41. The molecule has 0 saturated heterocycles. The van der Waals surface area contributed by atoms with Gasteiger partial charge in [0.05, 0.1) is 16.7 Å². The van der Waals surface area contributed by atoms with E-state index in [1.54, 1.807) is 16.1 Å². The van der Waals surface area contributed by atoms with Crippen LogP contribution in [0, 0.1) is 5.82 Å². The molecule has 4 aromatic carbocycles. The van der Waals surface area contributed by atoms with Crippen LogP contribution in [0.15, 0.2) is 138 Å². The topological polar surface area (TPSA) is 132 Å². The molecule has 0 bridgehead atoms. The highest BCUT2D eigenvalue weighted by atomic mass is 32.1. The zero-order valence-electron chi connectivity index (χ0n) is 29.7. The number of pyridine rings is 2. The minimum Gasteiger partial charge on any atom is -0.454 e. The van der Waals surface area contributed by atoms with Crippen molar-refractivity contribution in [1.29, 1.82) is 0 Å². The van der Waals surface area contributed by atoms with Gasteiger partial charge >= 0.3 is 0 Å². The van der Waals surface area contributed by atoms with Crippen molar-refractivity contribution in [3.63, 3.8) is 0 Å². The molecular weight excluding hydrogens is 718 g/mol. The van der Waals surface area contributed by atoms with Crippen molar-refractivity contribution in [1.82, 2.24) is 14.5 Å². The first-order valence-corrected chi connectivity index (χ1v) is 20.3. The summed E-state index contributed by atoms with van der Waals surface area (Å²) in [5.41, 5.74) is 8.85. The summed E-state index contributed by atoms with van der Waals surface area (Å²) < 4.78 is 22.2. The van der Waals surface area contributed by atoms with E-state index in [0.29, 0.717) is 28.2 Å². The molecule has 9 nitrogen and oxygen atoms in total. The van der Waals surface area contributed by atoms with Crippen LogP contribution >= 0.6 is 11.3 Å². The summed E-state index contributed by atoms with van der Waals surface area (Å²) >= 11 is 1.31. The number of thiazole rings is 1. The Morgan fingerprint density at radius 2 is 1.61 bits per heavy atom. The lowest BCUT2D eigenvalue weighted by Crippen LogP contribution is -2.65. The third-order valence-corrected chi connectivity index (χ3v) is 15.1. The van der Waals surface area contributed by atoms with Crippen LogP contribution in [0.2, 0.25) is 5.04 Å². The maximum absolute atomic E-state index is 15.1. The lowest BCUT2D eigenvalue weighted by atomic mass is 10.00. The molecule has 54 heavy (non-hydrogen) atoms. The average Bonchev–Trinajstić information content (AvgIpc) is 3.65. The van der Waals surface area contributed by atoms with E-state index in [1.165, 1.54) is 41.8 Å². The van der Waals surface area contributed by atoms with Crippen molar-refractivity contribution in [3.8, 4) is 17.2 Å². The molecule has 0 aliphatic heterocycles. The van der Waals surface area contributed by atoms with Crippen LogP contribution < -0.4 is 31.7 Å². The van der Waals surface area contributed by atoms with Gasteiger partial charge in [-0.3, -0.25) is 14.2 Å². The molecule has 4 N–H and O–H groups in total. The molecule has 7 aromatic rings. The van der Waals surface area contributed by atoms with E-state index in [0.717, 1.165) is 34.8 Å². The van der Waals surface area contributed by atoms with E-state index in [2.05, 4.69) is 29.1 Å². The van der Waals surface area contributed by atoms with E-state index in [1.807, 2.05) is 84.9 Å². The monoisotopic (exact) mass is 755 g/mol. The second kappa shape index (κ2) is 15.2. The summed E-state index contributed by atoms with van der Waals surface area (Å²) in [6, 6.07) is 36.0. The van der Waals surface area contributed by atoms with Gasteiger partial charge in [0.1, 0.15) is 22.0 Å². The zero-order valence-corrected chi connectivity index (χ0v) is 31.5. The number of nitrogens with one attached hydrogen (secondary N) is 1. The van der Waals surface area contributed by atoms with E-state index in [-0.39, 0.29) is 22.8 Å². The van der Waals surface area contributed by atoms with Crippen molar-refractivity contribution < 1.29 is 18.7 Å². The third kappa shape index (κ3) is 7.18. The maximum atomic E-state index is 15.1. The SMILES string of the molecule is CC(C)(CCCc1ccccc1-n1c(=O)c(C(=O)Nc2ccc(Oc3ccnc(N)c3)c(F)c2)cc2ncsc21)[Si](O)(c1ccccc1)c1ccccc1. The Kier molecular flexibility index (Phi) is 10.2. The number of nitrogen functional groups attached to an aromatic ring is 1. The number of hydrogen-bond acceptors (Lipinski definition) is 8. The van der Waals surface area contributed by atoms with Crippen molar-refractivity contribution in [2.75, 3.05) is 11.1 Å². The van der Waals surface area contributed by atoms with E-state index in [9.17, 15) is 14.4 Å². The molecule has 3 heterocycles. The fraction of sp³-hybridized carbons (Fsp3) is 0.143. The number of fused-ring (bicyclic) bond motifs is 1. The van der Waals surface area contributed by atoms with Gasteiger partial charge in [-0.1, -0.05) is 92.7 Å².